The maximum atomic E-state index is 11.9. The number of aryl methyl sites for hydroxylation is 1. The van der Waals surface area contributed by atoms with Crippen LogP contribution >= 0.6 is 0 Å². The summed E-state index contributed by atoms with van der Waals surface area (Å²) in [7, 11) is -3.48. The monoisotopic (exact) mass is 252 g/mol. The number of hydrogen-bond donors (Lipinski definition) is 2. The van der Waals surface area contributed by atoms with E-state index in [4.69, 9.17) is 5.73 Å². The lowest BCUT2D eigenvalue weighted by atomic mass is 10.2. The topological polar surface area (TPSA) is 72.2 Å². The maximum absolute atomic E-state index is 11.9. The van der Waals surface area contributed by atoms with E-state index in [1.165, 1.54) is 6.07 Å². The molecule has 4 nitrogen and oxygen atoms in total. The summed E-state index contributed by atoms with van der Waals surface area (Å²) < 4.78 is 26.2. The van der Waals surface area contributed by atoms with Gasteiger partial charge in [-0.2, -0.15) is 0 Å². The van der Waals surface area contributed by atoms with Crippen molar-refractivity contribution in [3.63, 3.8) is 0 Å². The fourth-order valence-corrected chi connectivity index (χ4v) is 2.56. The molecule has 0 heterocycles. The Morgan fingerprint density at radius 3 is 2.65 bits per heavy atom. The Hall–Kier alpha value is -1.51. The predicted octanol–water partition coefficient (Wildman–Crippen LogP) is 1.27. The fourth-order valence-electron chi connectivity index (χ4n) is 1.39. The largest absolute Gasteiger partial charge is 0.399 e. The summed E-state index contributed by atoms with van der Waals surface area (Å²) in [4.78, 5) is 0.194. The first-order chi connectivity index (χ1) is 7.95. The van der Waals surface area contributed by atoms with Crippen LogP contribution in [-0.2, 0) is 10.0 Å². The number of sulfonamides is 1. The maximum Gasteiger partial charge on any atom is 0.240 e. The average molecular weight is 252 g/mol. The molecular weight excluding hydrogens is 236 g/mol. The predicted molar refractivity (Wildman–Crippen MR) is 68.8 cm³/mol. The van der Waals surface area contributed by atoms with Crippen molar-refractivity contribution < 1.29 is 8.42 Å². The van der Waals surface area contributed by atoms with E-state index in [2.05, 4.69) is 16.6 Å². The van der Waals surface area contributed by atoms with E-state index in [0.29, 0.717) is 18.7 Å². The molecule has 1 aromatic rings. The Labute approximate surface area is 102 Å². The molecule has 0 spiro atoms. The highest BCUT2D eigenvalue weighted by molar-refractivity contribution is 7.89. The first-order valence-corrected chi connectivity index (χ1v) is 6.70. The van der Waals surface area contributed by atoms with Gasteiger partial charge in [-0.05, 0) is 37.6 Å². The first kappa shape index (κ1) is 13.6. The molecule has 0 saturated carbocycles. The summed E-state index contributed by atoms with van der Waals surface area (Å²) >= 11 is 0. The van der Waals surface area contributed by atoms with E-state index in [0.717, 1.165) is 5.56 Å². The highest BCUT2D eigenvalue weighted by atomic mass is 32.2. The van der Waals surface area contributed by atoms with Gasteiger partial charge in [-0.25, -0.2) is 13.1 Å². The number of nitrogens with two attached hydrogens (primary N) is 1. The van der Waals surface area contributed by atoms with Crippen molar-refractivity contribution in [1.29, 1.82) is 0 Å². The third-order valence-electron chi connectivity index (χ3n) is 2.10. The first-order valence-electron chi connectivity index (χ1n) is 5.22. The summed E-state index contributed by atoms with van der Waals surface area (Å²) in [6, 6.07) is 4.76. The molecule has 3 N–H and O–H groups in total. The molecule has 92 valence electrons. The number of benzene rings is 1. The molecule has 0 aliphatic heterocycles. The zero-order valence-electron chi connectivity index (χ0n) is 9.95. The van der Waals surface area contributed by atoms with E-state index < -0.39 is 10.0 Å². The Kier molecular flexibility index (Phi) is 4.55. The molecule has 1 aromatic carbocycles. The second-order valence-corrected chi connectivity index (χ2v) is 5.42. The molecule has 0 radical (unpaired) electrons. The quantitative estimate of drug-likeness (QED) is 0.481. The summed E-state index contributed by atoms with van der Waals surface area (Å²) in [6.45, 7) is 3.82. The second kappa shape index (κ2) is 5.71. The number of rotatable bonds is 4. The van der Waals surface area contributed by atoms with E-state index >= 15 is 0 Å². The van der Waals surface area contributed by atoms with Gasteiger partial charge in [0.15, 0.2) is 0 Å². The van der Waals surface area contributed by atoms with Gasteiger partial charge >= 0.3 is 0 Å². The van der Waals surface area contributed by atoms with E-state index in [1.807, 2.05) is 0 Å². The van der Waals surface area contributed by atoms with Crippen LogP contribution in [0.5, 0.6) is 0 Å². The van der Waals surface area contributed by atoms with Crippen molar-refractivity contribution in [1.82, 2.24) is 4.72 Å². The molecule has 0 aliphatic rings. The van der Waals surface area contributed by atoms with Crippen LogP contribution in [0.1, 0.15) is 18.9 Å². The van der Waals surface area contributed by atoms with Crippen molar-refractivity contribution in [2.75, 3.05) is 12.3 Å². The molecule has 0 amide bonds. The van der Waals surface area contributed by atoms with Gasteiger partial charge in [0.1, 0.15) is 0 Å². The molecule has 0 aliphatic carbocycles. The van der Waals surface area contributed by atoms with Crippen molar-refractivity contribution in [3.05, 3.63) is 23.8 Å². The number of nitrogens with one attached hydrogen (secondary N) is 1. The van der Waals surface area contributed by atoms with Crippen LogP contribution in [0.2, 0.25) is 0 Å². The van der Waals surface area contributed by atoms with Crippen LogP contribution in [-0.4, -0.2) is 15.0 Å². The zero-order chi connectivity index (χ0) is 12.9. The van der Waals surface area contributed by atoms with Crippen LogP contribution < -0.4 is 10.5 Å². The molecule has 0 saturated heterocycles. The van der Waals surface area contributed by atoms with E-state index in [-0.39, 0.29) is 4.90 Å². The zero-order valence-corrected chi connectivity index (χ0v) is 10.8. The third-order valence-corrected chi connectivity index (χ3v) is 3.54. The Balaban J connectivity index is 2.84. The van der Waals surface area contributed by atoms with Gasteiger partial charge in [-0.3, -0.25) is 0 Å². The Morgan fingerprint density at radius 1 is 1.35 bits per heavy atom. The molecule has 0 atom stereocenters. The van der Waals surface area contributed by atoms with Crippen LogP contribution in [0.25, 0.3) is 0 Å². The minimum atomic E-state index is -3.48. The van der Waals surface area contributed by atoms with Crippen LogP contribution in [0, 0.1) is 18.8 Å². The number of nitrogen functional groups attached to an aromatic ring is 1. The van der Waals surface area contributed by atoms with Crippen LogP contribution in [0.15, 0.2) is 23.1 Å². The molecule has 0 bridgehead atoms. The number of anilines is 1. The average Bonchev–Trinajstić information content (AvgIpc) is 2.23. The van der Waals surface area contributed by atoms with Crippen LogP contribution in [0.4, 0.5) is 5.69 Å². The van der Waals surface area contributed by atoms with Crippen LogP contribution in [0.3, 0.4) is 0 Å². The molecule has 0 unspecified atom stereocenters. The smallest absolute Gasteiger partial charge is 0.240 e. The Bertz CT molecular complexity index is 533. The van der Waals surface area contributed by atoms with Gasteiger partial charge in [-0.15, -0.1) is 11.8 Å². The lowest BCUT2D eigenvalue weighted by Crippen LogP contribution is -2.24. The standard InChI is InChI=1S/C12H16N2O2S/c1-3-4-5-6-14-17(15,16)12-8-10(2)7-11(13)9-12/h7-9,14H,5-6,13H2,1-2H3. The van der Waals surface area contributed by atoms with Crippen molar-refractivity contribution >= 4 is 15.7 Å². The van der Waals surface area contributed by atoms with Gasteiger partial charge in [0, 0.05) is 18.7 Å². The highest BCUT2D eigenvalue weighted by Crippen LogP contribution is 2.15. The summed E-state index contributed by atoms with van der Waals surface area (Å²) in [5.74, 6) is 5.50. The minimum absolute atomic E-state index is 0.194. The minimum Gasteiger partial charge on any atom is -0.399 e. The van der Waals surface area contributed by atoms with Gasteiger partial charge in [0.25, 0.3) is 0 Å². The van der Waals surface area contributed by atoms with Crippen molar-refractivity contribution in [3.8, 4) is 11.8 Å². The number of hydrogen-bond acceptors (Lipinski definition) is 3. The highest BCUT2D eigenvalue weighted by Gasteiger charge is 2.13. The summed E-state index contributed by atoms with van der Waals surface area (Å²) in [6.07, 6.45) is 0.497. The Morgan fingerprint density at radius 2 is 2.06 bits per heavy atom. The SMILES string of the molecule is CC#CCCNS(=O)(=O)c1cc(C)cc(N)c1. The molecule has 0 aromatic heterocycles. The van der Waals surface area contributed by atoms with E-state index in [1.54, 1.807) is 26.0 Å². The van der Waals surface area contributed by atoms with E-state index in [9.17, 15) is 8.42 Å². The molecule has 17 heavy (non-hydrogen) atoms. The molecule has 0 fully saturated rings. The lowest BCUT2D eigenvalue weighted by molar-refractivity contribution is 0.582. The lowest BCUT2D eigenvalue weighted by Gasteiger charge is -2.07. The summed E-state index contributed by atoms with van der Waals surface area (Å²) in [5, 5.41) is 0. The van der Waals surface area contributed by atoms with Gasteiger partial charge in [0.05, 0.1) is 4.90 Å². The molecule has 1 rings (SSSR count). The second-order valence-electron chi connectivity index (χ2n) is 3.65. The molecule has 5 heteroatoms. The van der Waals surface area contributed by atoms with Gasteiger partial charge in [-0.1, -0.05) is 0 Å². The van der Waals surface area contributed by atoms with Gasteiger partial charge < -0.3 is 5.73 Å². The van der Waals surface area contributed by atoms with Crippen molar-refractivity contribution in [2.24, 2.45) is 0 Å². The third kappa shape index (κ3) is 4.10. The normalized spacial score (nSPS) is 10.7. The summed E-state index contributed by atoms with van der Waals surface area (Å²) in [5.41, 5.74) is 6.88. The molecular formula is C12H16N2O2S. The van der Waals surface area contributed by atoms with Gasteiger partial charge in [0.2, 0.25) is 10.0 Å². The van der Waals surface area contributed by atoms with Crippen molar-refractivity contribution in [2.45, 2.75) is 25.2 Å². The fraction of sp³-hybridized carbons (Fsp3) is 0.333.